The number of rotatable bonds is 9. The van der Waals surface area contributed by atoms with Crippen LogP contribution in [0.2, 0.25) is 0 Å². The lowest BCUT2D eigenvalue weighted by molar-refractivity contribution is -0.143. The zero-order chi connectivity index (χ0) is 33.2. The molecular formula is C35H43F3N4O4S. The fourth-order valence-corrected chi connectivity index (χ4v) is 7.78. The van der Waals surface area contributed by atoms with Gasteiger partial charge in [-0.2, -0.15) is 13.2 Å². The first kappa shape index (κ1) is 33.5. The molecule has 254 valence electrons. The van der Waals surface area contributed by atoms with Gasteiger partial charge < -0.3 is 29.6 Å². The lowest BCUT2D eigenvalue weighted by Crippen LogP contribution is -2.53. The Kier molecular flexibility index (Phi) is 9.70. The Bertz CT molecular complexity index is 1740. The average Bonchev–Trinajstić information content (AvgIpc) is 3.35. The average molecular weight is 673 g/mol. The molecule has 1 aromatic heterocycles. The number of fused-ring (bicyclic) bond motifs is 1. The van der Waals surface area contributed by atoms with E-state index in [0.29, 0.717) is 35.0 Å². The lowest BCUT2D eigenvalue weighted by atomic mass is 9.76. The van der Waals surface area contributed by atoms with Crippen molar-refractivity contribution in [2.45, 2.75) is 75.1 Å². The number of likely N-dealkylation sites (tertiary alicyclic amines) is 1. The highest BCUT2D eigenvalue weighted by molar-refractivity contribution is 7.90. The fourth-order valence-electron chi connectivity index (χ4n) is 7.14. The summed E-state index contributed by atoms with van der Waals surface area (Å²) in [5.74, 6) is 6.25. The van der Waals surface area contributed by atoms with Crippen molar-refractivity contribution in [2.75, 3.05) is 56.3 Å². The maximum atomic E-state index is 13.7. The molecule has 0 bridgehead atoms. The van der Waals surface area contributed by atoms with E-state index in [1.165, 1.54) is 29.5 Å². The summed E-state index contributed by atoms with van der Waals surface area (Å²) in [6, 6.07) is 12.5. The van der Waals surface area contributed by atoms with Crippen molar-refractivity contribution in [1.29, 1.82) is 0 Å². The molecule has 0 amide bonds. The molecule has 2 aliphatic heterocycles. The van der Waals surface area contributed by atoms with E-state index in [1.807, 2.05) is 6.07 Å². The van der Waals surface area contributed by atoms with Gasteiger partial charge in [0.2, 0.25) is 0 Å². The molecule has 2 aromatic carbocycles. The Morgan fingerprint density at radius 2 is 1.79 bits per heavy atom. The van der Waals surface area contributed by atoms with Gasteiger partial charge in [-0.15, -0.1) is 0 Å². The van der Waals surface area contributed by atoms with Crippen LogP contribution in [0.25, 0.3) is 10.9 Å². The highest BCUT2D eigenvalue weighted by Gasteiger charge is 2.42. The van der Waals surface area contributed by atoms with Gasteiger partial charge in [0.15, 0.2) is 9.84 Å². The molecule has 0 atom stereocenters. The molecule has 1 aliphatic carbocycles. The molecule has 3 heterocycles. The van der Waals surface area contributed by atoms with Crippen LogP contribution in [-0.2, 0) is 21.1 Å². The topological polar surface area (TPSA) is 84.8 Å². The van der Waals surface area contributed by atoms with Crippen molar-refractivity contribution in [1.82, 2.24) is 9.47 Å². The number of hydrogen-bond acceptors (Lipinski definition) is 7. The van der Waals surface area contributed by atoms with Gasteiger partial charge in [0.05, 0.1) is 48.2 Å². The number of ether oxygens (including phenoxy) is 2. The van der Waals surface area contributed by atoms with Crippen LogP contribution in [0.5, 0.6) is 5.75 Å². The summed E-state index contributed by atoms with van der Waals surface area (Å²) in [7, 11) is -3.42. The normalized spacial score (nSPS) is 21.6. The summed E-state index contributed by atoms with van der Waals surface area (Å²) in [6.07, 6.45) is 3.39. The molecular weight excluding hydrogens is 629 g/mol. The van der Waals surface area contributed by atoms with E-state index in [-0.39, 0.29) is 23.2 Å². The van der Waals surface area contributed by atoms with E-state index in [4.69, 9.17) is 9.47 Å². The van der Waals surface area contributed by atoms with E-state index < -0.39 is 22.6 Å². The zero-order valence-electron chi connectivity index (χ0n) is 27.0. The molecule has 3 aliphatic rings. The Morgan fingerprint density at radius 3 is 2.43 bits per heavy atom. The second kappa shape index (κ2) is 13.6. The maximum absolute atomic E-state index is 13.7. The lowest BCUT2D eigenvalue weighted by Gasteiger charge is -2.49. The number of anilines is 2. The summed E-state index contributed by atoms with van der Waals surface area (Å²) in [4.78, 5) is 2.78. The molecule has 1 spiro atoms. The first-order valence-electron chi connectivity index (χ1n) is 16.4. The van der Waals surface area contributed by atoms with Crippen molar-refractivity contribution in [3.8, 4) is 17.6 Å². The largest absolute Gasteiger partial charge is 0.492 e. The number of halogens is 3. The SMILES string of the molecule is CCOc1cc(S(C)(=O)=O)ccc1NCC#Cc1cc2c(NC3CCC(N4CCC5(CC4)COC5)CC3)cccc2n1CC(F)(F)F. The molecule has 1 saturated carbocycles. The van der Waals surface area contributed by atoms with Crippen LogP contribution >= 0.6 is 0 Å². The first-order valence-corrected chi connectivity index (χ1v) is 18.3. The molecule has 8 nitrogen and oxygen atoms in total. The van der Waals surface area contributed by atoms with Gasteiger partial charge in [-0.25, -0.2) is 8.42 Å². The minimum absolute atomic E-state index is 0.117. The summed E-state index contributed by atoms with van der Waals surface area (Å²) >= 11 is 0. The van der Waals surface area contributed by atoms with E-state index in [0.717, 1.165) is 69.3 Å². The smallest absolute Gasteiger partial charge is 0.406 e. The van der Waals surface area contributed by atoms with Crippen molar-refractivity contribution in [3.63, 3.8) is 0 Å². The standard InChI is InChI=1S/C35H43F3N4O4S/c1-3-46-33-21-28(47(2,43)44)13-14-31(33)39-17-5-6-27-20-29-30(7-4-8-32(29)42(27)22-35(36,37)38)40-25-9-11-26(12-10-25)41-18-15-34(16-19-41)23-45-24-34/h4,7-8,13-14,20-21,25-26,39-40H,3,9-12,15-19,22-24H2,1-2H3. The minimum atomic E-state index is -4.42. The van der Waals surface area contributed by atoms with Crippen molar-refractivity contribution >= 4 is 32.1 Å². The van der Waals surface area contributed by atoms with Gasteiger partial charge in [-0.3, -0.25) is 0 Å². The Morgan fingerprint density at radius 1 is 1.04 bits per heavy atom. The summed E-state index contributed by atoms with van der Waals surface area (Å²) < 4.78 is 77.5. The first-order chi connectivity index (χ1) is 22.4. The number of alkyl halides is 3. The predicted molar refractivity (Wildman–Crippen MR) is 178 cm³/mol. The highest BCUT2D eigenvalue weighted by atomic mass is 32.2. The second-order valence-electron chi connectivity index (χ2n) is 13.2. The molecule has 0 unspecified atom stereocenters. The van der Waals surface area contributed by atoms with Crippen LogP contribution in [-0.4, -0.2) is 81.9 Å². The Balaban J connectivity index is 1.15. The van der Waals surface area contributed by atoms with Crippen LogP contribution in [0.4, 0.5) is 24.5 Å². The summed E-state index contributed by atoms with van der Waals surface area (Å²) in [5, 5.41) is 7.48. The third-order valence-electron chi connectivity index (χ3n) is 9.80. The molecule has 3 aromatic rings. The number of hydrogen-bond donors (Lipinski definition) is 2. The van der Waals surface area contributed by atoms with E-state index in [2.05, 4.69) is 27.4 Å². The summed E-state index contributed by atoms with van der Waals surface area (Å²) in [6.45, 7) is 5.20. The van der Waals surface area contributed by atoms with Gasteiger partial charge in [-0.05, 0) is 94.8 Å². The number of nitrogens with one attached hydrogen (secondary N) is 2. The van der Waals surface area contributed by atoms with Gasteiger partial charge in [0, 0.05) is 40.9 Å². The molecule has 0 radical (unpaired) electrons. The van der Waals surface area contributed by atoms with Crippen LogP contribution in [0, 0.1) is 17.3 Å². The van der Waals surface area contributed by atoms with Crippen molar-refractivity contribution in [2.24, 2.45) is 5.41 Å². The monoisotopic (exact) mass is 672 g/mol. The van der Waals surface area contributed by atoms with E-state index in [1.54, 1.807) is 31.2 Å². The number of sulfone groups is 1. The molecule has 47 heavy (non-hydrogen) atoms. The van der Waals surface area contributed by atoms with Gasteiger partial charge >= 0.3 is 6.18 Å². The van der Waals surface area contributed by atoms with Crippen LogP contribution < -0.4 is 15.4 Å². The number of benzene rings is 2. The highest BCUT2D eigenvalue weighted by Crippen LogP contribution is 2.40. The van der Waals surface area contributed by atoms with Crippen molar-refractivity contribution < 1.29 is 31.1 Å². The maximum Gasteiger partial charge on any atom is 0.406 e. The quantitative estimate of drug-likeness (QED) is 0.258. The number of aromatic nitrogens is 1. The molecule has 12 heteroatoms. The van der Waals surface area contributed by atoms with Crippen LogP contribution in [0.1, 0.15) is 51.1 Å². The Labute approximate surface area is 274 Å². The molecule has 2 saturated heterocycles. The number of piperidine rings is 1. The Hall–Kier alpha value is -3.40. The van der Waals surface area contributed by atoms with Gasteiger partial charge in [0.25, 0.3) is 0 Å². The molecule has 3 fully saturated rings. The molecule has 6 rings (SSSR count). The summed E-state index contributed by atoms with van der Waals surface area (Å²) in [5.41, 5.74) is 2.55. The van der Waals surface area contributed by atoms with Gasteiger partial charge in [-0.1, -0.05) is 12.0 Å². The fraction of sp³-hybridized carbons (Fsp3) is 0.543. The third kappa shape index (κ3) is 7.85. The minimum Gasteiger partial charge on any atom is -0.492 e. The number of nitrogens with zero attached hydrogens (tertiary/aromatic N) is 2. The zero-order valence-corrected chi connectivity index (χ0v) is 27.8. The van der Waals surface area contributed by atoms with Crippen LogP contribution in [0.15, 0.2) is 47.4 Å². The second-order valence-corrected chi connectivity index (χ2v) is 15.2. The van der Waals surface area contributed by atoms with E-state index >= 15 is 0 Å². The third-order valence-corrected chi connectivity index (χ3v) is 10.9. The van der Waals surface area contributed by atoms with Crippen molar-refractivity contribution in [3.05, 3.63) is 48.2 Å². The predicted octanol–water partition coefficient (Wildman–Crippen LogP) is 6.30. The van der Waals surface area contributed by atoms with Crippen LogP contribution in [0.3, 0.4) is 0 Å². The molecule has 2 N–H and O–H groups in total. The van der Waals surface area contributed by atoms with Gasteiger partial charge in [0.1, 0.15) is 12.3 Å². The van der Waals surface area contributed by atoms with E-state index in [9.17, 15) is 21.6 Å².